The van der Waals surface area contributed by atoms with Crippen LogP contribution in [0.15, 0.2) is 57.4 Å². The van der Waals surface area contributed by atoms with Crippen LogP contribution in [0.5, 0.6) is 0 Å². The van der Waals surface area contributed by atoms with Crippen molar-refractivity contribution in [3.63, 3.8) is 0 Å². The van der Waals surface area contributed by atoms with E-state index in [1.54, 1.807) is 30.3 Å². The van der Waals surface area contributed by atoms with Crippen LogP contribution in [0.3, 0.4) is 0 Å². The number of oxazole rings is 2. The van der Waals surface area contributed by atoms with Crippen molar-refractivity contribution in [1.82, 2.24) is 9.97 Å². The van der Waals surface area contributed by atoms with Gasteiger partial charge in [0.2, 0.25) is 21.9 Å². The number of alkyl halides is 3. The normalized spacial score (nSPS) is 12.8. The average Bonchev–Trinajstić information content (AvgIpc) is 3.49. The van der Waals surface area contributed by atoms with Crippen LogP contribution in [0.4, 0.5) is 13.2 Å². The van der Waals surface area contributed by atoms with Crippen LogP contribution >= 0.6 is 0 Å². The fourth-order valence-corrected chi connectivity index (χ4v) is 3.41. The number of rotatable bonds is 2. The van der Waals surface area contributed by atoms with Gasteiger partial charge in [0.15, 0.2) is 5.57 Å². The molecule has 0 radical (unpaired) electrons. The summed E-state index contributed by atoms with van der Waals surface area (Å²) in [6, 6.07) is 16.9. The lowest BCUT2D eigenvalue weighted by Crippen LogP contribution is -2.05. The van der Waals surface area contributed by atoms with Crippen molar-refractivity contribution in [1.29, 1.82) is 15.8 Å². The second-order valence-corrected chi connectivity index (χ2v) is 7.68. The Labute approximate surface area is 201 Å². The Hall–Kier alpha value is -5.14. The Morgan fingerprint density at radius 1 is 0.806 bits per heavy atom. The molecule has 10 heteroatoms. The summed E-state index contributed by atoms with van der Waals surface area (Å²) in [5.74, 6) is 0. The fraction of sp³-hybridized carbons (Fsp3) is 0.115. The first kappa shape index (κ1) is 24.0. The van der Waals surface area contributed by atoms with Gasteiger partial charge in [-0.2, -0.15) is 29.0 Å². The molecule has 0 atom stereocenters. The van der Waals surface area contributed by atoms with Crippen LogP contribution in [0.25, 0.3) is 33.7 Å². The zero-order valence-corrected chi connectivity index (χ0v) is 18.8. The van der Waals surface area contributed by atoms with Crippen LogP contribution in [-0.4, -0.2) is 9.97 Å². The molecule has 0 aliphatic heterocycles. The van der Waals surface area contributed by atoms with Gasteiger partial charge in [0.1, 0.15) is 29.6 Å². The summed E-state index contributed by atoms with van der Waals surface area (Å²) in [6.45, 7) is 3.29. The van der Waals surface area contributed by atoms with E-state index in [1.165, 1.54) is 19.1 Å². The van der Waals surface area contributed by atoms with Gasteiger partial charge in [-0.25, -0.2) is 9.97 Å². The first-order chi connectivity index (χ1) is 17.2. The van der Waals surface area contributed by atoms with Gasteiger partial charge >= 0.3 is 6.18 Å². The van der Waals surface area contributed by atoms with Crippen LogP contribution in [0.1, 0.15) is 18.1 Å². The van der Waals surface area contributed by atoms with Gasteiger partial charge in [-0.1, -0.05) is 35.9 Å². The number of halogens is 3. The van der Waals surface area contributed by atoms with E-state index < -0.39 is 17.3 Å². The summed E-state index contributed by atoms with van der Waals surface area (Å²) >= 11 is 0. The summed E-state index contributed by atoms with van der Waals surface area (Å²) in [5, 5.41) is 28.0. The van der Waals surface area contributed by atoms with Crippen molar-refractivity contribution >= 4 is 11.1 Å². The van der Waals surface area contributed by atoms with Crippen molar-refractivity contribution in [3.05, 3.63) is 81.6 Å². The summed E-state index contributed by atoms with van der Waals surface area (Å²) in [7, 11) is 0. The number of hydrogen-bond acceptors (Lipinski definition) is 7. The largest absolute Gasteiger partial charge is 0.432 e. The predicted octanol–water partition coefficient (Wildman–Crippen LogP) is 4.50. The van der Waals surface area contributed by atoms with E-state index in [0.717, 1.165) is 17.7 Å². The van der Waals surface area contributed by atoms with Gasteiger partial charge in [0.05, 0.1) is 11.1 Å². The zero-order valence-electron chi connectivity index (χ0n) is 18.8. The van der Waals surface area contributed by atoms with E-state index in [9.17, 15) is 29.0 Å². The summed E-state index contributed by atoms with van der Waals surface area (Å²) in [5.41, 5.74) is -0.195. The van der Waals surface area contributed by atoms with Gasteiger partial charge in [-0.15, -0.1) is 0 Å². The molecular weight excluding hydrogens is 471 g/mol. The average molecular weight is 485 g/mol. The van der Waals surface area contributed by atoms with E-state index >= 15 is 0 Å². The predicted molar refractivity (Wildman–Crippen MR) is 120 cm³/mol. The minimum absolute atomic E-state index is 0.0298. The Kier molecular flexibility index (Phi) is 6.16. The van der Waals surface area contributed by atoms with Gasteiger partial charge in [-0.3, -0.25) is 0 Å². The van der Waals surface area contributed by atoms with E-state index in [4.69, 9.17) is 8.83 Å². The van der Waals surface area contributed by atoms with E-state index in [2.05, 4.69) is 9.97 Å². The van der Waals surface area contributed by atoms with E-state index in [-0.39, 0.29) is 44.4 Å². The topological polar surface area (TPSA) is 123 Å². The molecule has 0 N–H and O–H groups in total. The maximum atomic E-state index is 13.4. The summed E-state index contributed by atoms with van der Waals surface area (Å²) in [6.07, 6.45) is -4.60. The summed E-state index contributed by atoms with van der Waals surface area (Å²) in [4.78, 5) is 8.60. The quantitative estimate of drug-likeness (QED) is 0.409. The van der Waals surface area contributed by atoms with Gasteiger partial charge in [0.25, 0.3) is 0 Å². The maximum absolute atomic E-state index is 13.4. The third kappa shape index (κ3) is 4.46. The van der Waals surface area contributed by atoms with Gasteiger partial charge in [-0.05, 0) is 32.0 Å². The molecule has 0 saturated heterocycles. The van der Waals surface area contributed by atoms with Crippen molar-refractivity contribution < 1.29 is 22.0 Å². The fourth-order valence-electron chi connectivity index (χ4n) is 3.41. The molecular formula is C26H14F3N5O2. The van der Waals surface area contributed by atoms with Crippen molar-refractivity contribution in [2.24, 2.45) is 0 Å². The highest BCUT2D eigenvalue weighted by Crippen LogP contribution is 2.32. The molecule has 36 heavy (non-hydrogen) atoms. The second-order valence-electron chi connectivity index (χ2n) is 7.68. The van der Waals surface area contributed by atoms with E-state index in [0.29, 0.717) is 5.56 Å². The lowest BCUT2D eigenvalue weighted by molar-refractivity contribution is -0.137. The molecule has 0 aliphatic rings. The highest BCUT2D eigenvalue weighted by Gasteiger charge is 2.31. The highest BCUT2D eigenvalue weighted by molar-refractivity contribution is 5.71. The minimum atomic E-state index is -4.60. The molecule has 0 unspecified atom stereocenters. The first-order valence-electron chi connectivity index (χ1n) is 10.3. The number of nitrogens with zero attached hydrogens (tertiary/aromatic N) is 5. The Morgan fingerprint density at radius 2 is 1.36 bits per heavy atom. The molecule has 0 bridgehead atoms. The standard InChI is InChI=1S/C26H14F3N5O2/c1-14-5-3-6-16(9-14)20-23(36-25(34-20)18(12-31)13-32)22-21(33-24(35-22)15(2)11-30)17-7-4-8-19(10-17)26(27,28)29/h3-10H,1-2H3/b23-22+,24-15-. The van der Waals surface area contributed by atoms with Crippen molar-refractivity contribution in [2.75, 3.05) is 0 Å². The minimum Gasteiger partial charge on any atom is -0.432 e. The molecule has 7 nitrogen and oxygen atoms in total. The number of aryl methyl sites for hydroxylation is 1. The molecule has 0 spiro atoms. The maximum Gasteiger partial charge on any atom is 0.416 e. The number of nitriles is 3. The number of aromatic nitrogens is 2. The first-order valence-corrected chi connectivity index (χ1v) is 10.3. The molecule has 0 fully saturated rings. The molecule has 2 aromatic carbocycles. The lowest BCUT2D eigenvalue weighted by Gasteiger charge is -2.07. The van der Waals surface area contributed by atoms with Crippen LogP contribution in [-0.2, 0) is 6.18 Å². The molecule has 0 amide bonds. The van der Waals surface area contributed by atoms with Crippen molar-refractivity contribution in [3.8, 4) is 40.7 Å². The van der Waals surface area contributed by atoms with Gasteiger partial charge < -0.3 is 8.83 Å². The molecule has 0 aliphatic carbocycles. The monoisotopic (exact) mass is 485 g/mol. The zero-order chi connectivity index (χ0) is 26.0. The lowest BCUT2D eigenvalue weighted by atomic mass is 10.1. The molecule has 4 rings (SSSR count). The highest BCUT2D eigenvalue weighted by atomic mass is 19.4. The van der Waals surface area contributed by atoms with Crippen LogP contribution < -0.4 is 11.1 Å². The Morgan fingerprint density at radius 3 is 1.92 bits per heavy atom. The molecule has 2 heterocycles. The molecule has 0 saturated carbocycles. The Bertz CT molecular complexity index is 1830. The third-order valence-corrected chi connectivity index (χ3v) is 5.14. The van der Waals surface area contributed by atoms with Crippen LogP contribution in [0, 0.1) is 51.7 Å². The molecule has 2 aromatic heterocycles. The smallest absolute Gasteiger partial charge is 0.416 e. The summed E-state index contributed by atoms with van der Waals surface area (Å²) < 4.78 is 51.8. The van der Waals surface area contributed by atoms with Crippen LogP contribution in [0.2, 0.25) is 0 Å². The van der Waals surface area contributed by atoms with Gasteiger partial charge in [0, 0.05) is 11.1 Å². The third-order valence-electron chi connectivity index (χ3n) is 5.14. The molecule has 4 aromatic rings. The number of benzene rings is 2. The Balaban J connectivity index is 2.26. The van der Waals surface area contributed by atoms with E-state index in [1.807, 2.05) is 19.1 Å². The SMILES string of the molecule is C/C(C#N)=c1\nc(-c2cccc(C(F)(F)F)c2)/c(=c2\oc(=C(C#N)C#N)nc2-c2cccc(C)c2)o1. The van der Waals surface area contributed by atoms with Crippen molar-refractivity contribution in [2.45, 2.75) is 20.0 Å². The molecule has 176 valence electrons. The second kappa shape index (κ2) is 9.25. The number of hydrogen-bond donors (Lipinski definition) is 0.